The van der Waals surface area contributed by atoms with Gasteiger partial charge in [-0.05, 0) is 18.9 Å². The standard InChI is InChI=1S/C16H20N2O3/c1-10(11-6-4-3-5-7-11)18-9-12-8-13(15(18)19)14(17-12)16(20)21-2/h3-7,10,12-14,17H,8-9H2,1-2H3. The third-order valence-electron chi connectivity index (χ3n) is 4.58. The lowest BCUT2D eigenvalue weighted by Crippen LogP contribution is -2.46. The minimum absolute atomic E-state index is 0.0159. The smallest absolute Gasteiger partial charge is 0.323 e. The number of hydrogen-bond donors (Lipinski definition) is 1. The van der Waals surface area contributed by atoms with Crippen LogP contribution in [0.25, 0.3) is 0 Å². The summed E-state index contributed by atoms with van der Waals surface area (Å²) >= 11 is 0. The number of hydrogen-bond acceptors (Lipinski definition) is 4. The molecular formula is C16H20N2O3. The molecule has 21 heavy (non-hydrogen) atoms. The summed E-state index contributed by atoms with van der Waals surface area (Å²) in [4.78, 5) is 26.4. The number of methoxy groups -OCH3 is 1. The van der Waals surface area contributed by atoms with E-state index in [0.29, 0.717) is 6.54 Å². The first kappa shape index (κ1) is 14.1. The Labute approximate surface area is 124 Å². The number of carbonyl (C=O) groups excluding carboxylic acids is 2. The summed E-state index contributed by atoms with van der Waals surface area (Å²) in [5, 5.41) is 3.23. The molecule has 0 spiro atoms. The zero-order chi connectivity index (χ0) is 15.0. The normalized spacial score (nSPS) is 29.3. The largest absolute Gasteiger partial charge is 0.468 e. The third kappa shape index (κ3) is 2.42. The van der Waals surface area contributed by atoms with Crippen LogP contribution in [0.1, 0.15) is 24.9 Å². The number of nitrogens with zero attached hydrogens (tertiary/aromatic N) is 1. The Morgan fingerprint density at radius 2 is 2.10 bits per heavy atom. The number of esters is 1. The van der Waals surface area contributed by atoms with Gasteiger partial charge in [-0.2, -0.15) is 0 Å². The van der Waals surface area contributed by atoms with Crippen LogP contribution in [0.2, 0.25) is 0 Å². The zero-order valence-corrected chi connectivity index (χ0v) is 12.3. The van der Waals surface area contributed by atoms with Crippen molar-refractivity contribution < 1.29 is 14.3 Å². The average molecular weight is 288 g/mol. The van der Waals surface area contributed by atoms with Crippen molar-refractivity contribution in [1.82, 2.24) is 10.2 Å². The Balaban J connectivity index is 1.81. The van der Waals surface area contributed by atoms with Gasteiger partial charge in [0, 0.05) is 12.6 Å². The first-order valence-electron chi connectivity index (χ1n) is 7.31. The van der Waals surface area contributed by atoms with Crippen LogP contribution >= 0.6 is 0 Å². The van der Waals surface area contributed by atoms with Gasteiger partial charge < -0.3 is 9.64 Å². The molecule has 0 radical (unpaired) electrons. The van der Waals surface area contributed by atoms with E-state index in [1.165, 1.54) is 7.11 Å². The second-order valence-electron chi connectivity index (χ2n) is 5.78. The van der Waals surface area contributed by atoms with Crippen molar-refractivity contribution in [1.29, 1.82) is 0 Å². The summed E-state index contributed by atoms with van der Waals surface area (Å²) in [5.41, 5.74) is 1.11. The Morgan fingerprint density at radius 1 is 1.38 bits per heavy atom. The topological polar surface area (TPSA) is 58.6 Å². The summed E-state index contributed by atoms with van der Waals surface area (Å²) in [6, 6.07) is 9.66. The predicted octanol–water partition coefficient (Wildman–Crippen LogP) is 1.11. The second-order valence-corrected chi connectivity index (χ2v) is 5.78. The van der Waals surface area contributed by atoms with Crippen LogP contribution in [0, 0.1) is 5.92 Å². The minimum Gasteiger partial charge on any atom is -0.468 e. The number of fused-ring (bicyclic) bond motifs is 2. The first-order valence-corrected chi connectivity index (χ1v) is 7.31. The van der Waals surface area contributed by atoms with Gasteiger partial charge in [0.1, 0.15) is 6.04 Å². The van der Waals surface area contributed by atoms with Crippen molar-refractivity contribution in [2.75, 3.05) is 13.7 Å². The van der Waals surface area contributed by atoms with Gasteiger partial charge >= 0.3 is 5.97 Å². The molecule has 0 saturated carbocycles. The Hall–Kier alpha value is -1.88. The second kappa shape index (κ2) is 5.48. The summed E-state index contributed by atoms with van der Waals surface area (Å²) in [6.45, 7) is 2.67. The van der Waals surface area contributed by atoms with Gasteiger partial charge in [-0.15, -0.1) is 0 Å². The van der Waals surface area contributed by atoms with Crippen LogP contribution < -0.4 is 5.32 Å². The summed E-state index contributed by atoms with van der Waals surface area (Å²) in [5.74, 6) is -0.601. The predicted molar refractivity (Wildman–Crippen MR) is 77.4 cm³/mol. The fraction of sp³-hybridized carbons (Fsp3) is 0.500. The highest BCUT2D eigenvalue weighted by atomic mass is 16.5. The van der Waals surface area contributed by atoms with E-state index in [0.717, 1.165) is 12.0 Å². The number of nitrogens with one attached hydrogen (secondary N) is 1. The molecule has 3 rings (SSSR count). The fourth-order valence-electron chi connectivity index (χ4n) is 3.41. The van der Waals surface area contributed by atoms with Gasteiger partial charge in [-0.25, -0.2) is 0 Å². The van der Waals surface area contributed by atoms with Gasteiger partial charge in [0.15, 0.2) is 0 Å². The highest BCUT2D eigenvalue weighted by Crippen LogP contribution is 2.34. The molecule has 1 aromatic rings. The molecule has 1 aromatic carbocycles. The quantitative estimate of drug-likeness (QED) is 0.847. The number of likely N-dealkylation sites (tertiary alicyclic amines) is 1. The monoisotopic (exact) mass is 288 g/mol. The van der Waals surface area contributed by atoms with E-state index in [4.69, 9.17) is 4.74 Å². The fourth-order valence-corrected chi connectivity index (χ4v) is 3.41. The van der Waals surface area contributed by atoms with E-state index in [1.54, 1.807) is 0 Å². The molecule has 2 fully saturated rings. The molecule has 0 aromatic heterocycles. The highest BCUT2D eigenvalue weighted by molar-refractivity contribution is 5.89. The molecule has 1 amide bonds. The van der Waals surface area contributed by atoms with Crippen LogP contribution in [0.4, 0.5) is 0 Å². The summed E-state index contributed by atoms with van der Waals surface area (Å²) in [6.07, 6.45) is 0.719. The zero-order valence-electron chi connectivity index (χ0n) is 12.3. The van der Waals surface area contributed by atoms with Crippen LogP contribution in [0.5, 0.6) is 0 Å². The van der Waals surface area contributed by atoms with Crippen molar-refractivity contribution in [3.05, 3.63) is 35.9 Å². The highest BCUT2D eigenvalue weighted by Gasteiger charge is 2.49. The molecule has 2 aliphatic heterocycles. The SMILES string of the molecule is COC(=O)C1NC2CC1C(=O)N(C(C)c1ccccc1)C2. The van der Waals surface area contributed by atoms with Gasteiger partial charge in [0.2, 0.25) is 5.91 Å². The van der Waals surface area contributed by atoms with Crippen molar-refractivity contribution >= 4 is 11.9 Å². The summed E-state index contributed by atoms with van der Waals surface area (Å²) in [7, 11) is 1.36. The van der Waals surface area contributed by atoms with E-state index in [-0.39, 0.29) is 29.9 Å². The maximum atomic E-state index is 12.7. The van der Waals surface area contributed by atoms with Crippen LogP contribution in [-0.4, -0.2) is 42.5 Å². The van der Waals surface area contributed by atoms with E-state index in [1.807, 2.05) is 42.2 Å². The number of ether oxygens (including phenoxy) is 1. The minimum atomic E-state index is -0.500. The van der Waals surface area contributed by atoms with Crippen molar-refractivity contribution in [3.63, 3.8) is 0 Å². The third-order valence-corrected chi connectivity index (χ3v) is 4.58. The number of carbonyl (C=O) groups is 2. The van der Waals surface area contributed by atoms with E-state index in [9.17, 15) is 9.59 Å². The van der Waals surface area contributed by atoms with Crippen molar-refractivity contribution in [2.45, 2.75) is 31.5 Å². The Kier molecular flexibility index (Phi) is 3.68. The Bertz CT molecular complexity index is 546. The van der Waals surface area contributed by atoms with Gasteiger partial charge in [0.25, 0.3) is 0 Å². The van der Waals surface area contributed by atoms with Crippen LogP contribution in [0.15, 0.2) is 30.3 Å². The van der Waals surface area contributed by atoms with Gasteiger partial charge in [-0.1, -0.05) is 30.3 Å². The molecule has 0 aliphatic carbocycles. The summed E-state index contributed by atoms with van der Waals surface area (Å²) < 4.78 is 4.80. The van der Waals surface area contributed by atoms with E-state index in [2.05, 4.69) is 5.32 Å². The molecule has 4 unspecified atom stereocenters. The van der Waals surface area contributed by atoms with E-state index >= 15 is 0 Å². The average Bonchev–Trinajstić information content (AvgIpc) is 2.89. The number of benzene rings is 1. The lowest BCUT2D eigenvalue weighted by Gasteiger charge is -2.36. The molecule has 2 bridgehead atoms. The maximum absolute atomic E-state index is 12.7. The number of piperidine rings is 1. The lowest BCUT2D eigenvalue weighted by molar-refractivity contribution is -0.149. The molecule has 4 atom stereocenters. The molecule has 5 heteroatoms. The van der Waals surface area contributed by atoms with Crippen molar-refractivity contribution in [2.24, 2.45) is 5.92 Å². The Morgan fingerprint density at radius 3 is 2.76 bits per heavy atom. The van der Waals surface area contributed by atoms with Crippen LogP contribution in [0.3, 0.4) is 0 Å². The molecule has 5 nitrogen and oxygen atoms in total. The molecule has 1 N–H and O–H groups in total. The maximum Gasteiger partial charge on any atom is 0.323 e. The molecule has 2 aliphatic rings. The van der Waals surface area contributed by atoms with Crippen molar-refractivity contribution in [3.8, 4) is 0 Å². The number of rotatable bonds is 3. The van der Waals surface area contributed by atoms with E-state index < -0.39 is 6.04 Å². The molecular weight excluding hydrogens is 268 g/mol. The number of amides is 1. The van der Waals surface area contributed by atoms with Gasteiger partial charge in [0.05, 0.1) is 19.1 Å². The van der Waals surface area contributed by atoms with Gasteiger partial charge in [-0.3, -0.25) is 14.9 Å². The lowest BCUT2D eigenvalue weighted by atomic mass is 9.92. The van der Waals surface area contributed by atoms with Crippen LogP contribution in [-0.2, 0) is 14.3 Å². The molecule has 112 valence electrons. The molecule has 2 heterocycles. The molecule has 2 saturated heterocycles. The first-order chi connectivity index (χ1) is 10.1.